The predicted molar refractivity (Wildman–Crippen MR) is 80.1 cm³/mol. The van der Waals surface area contributed by atoms with Crippen LogP contribution in [0.15, 0.2) is 16.7 Å². The summed E-state index contributed by atoms with van der Waals surface area (Å²) in [6.07, 6.45) is 2.30. The Hall–Kier alpha value is -1.63. The van der Waals surface area contributed by atoms with Crippen LogP contribution in [0.1, 0.15) is 23.7 Å². The molecule has 0 unspecified atom stereocenters. The second kappa shape index (κ2) is 7.23. The maximum Gasteiger partial charge on any atom is 0.323 e. The molecule has 0 spiro atoms. The standard InChI is InChI=1S/C13H18BrN3O3/c1-4-5-17(8-11(18)19)13(20)10-6-9(14)7-15-12(10)16(2)3/h6-7H,4-5,8H2,1-3H3,(H,18,19). The number of aromatic nitrogens is 1. The first-order chi connectivity index (χ1) is 9.36. The number of halogens is 1. The molecule has 0 atom stereocenters. The maximum atomic E-state index is 12.5. The van der Waals surface area contributed by atoms with Crippen molar-refractivity contribution >= 4 is 33.6 Å². The van der Waals surface area contributed by atoms with E-state index >= 15 is 0 Å². The highest BCUT2D eigenvalue weighted by atomic mass is 79.9. The Balaban J connectivity index is 3.16. The highest BCUT2D eigenvalue weighted by Crippen LogP contribution is 2.21. The number of hydrogen-bond acceptors (Lipinski definition) is 4. The van der Waals surface area contributed by atoms with Crippen LogP contribution >= 0.6 is 15.9 Å². The highest BCUT2D eigenvalue weighted by Gasteiger charge is 2.22. The van der Waals surface area contributed by atoms with Crippen molar-refractivity contribution in [3.8, 4) is 0 Å². The van der Waals surface area contributed by atoms with Crippen molar-refractivity contribution in [3.05, 3.63) is 22.3 Å². The smallest absolute Gasteiger partial charge is 0.323 e. The van der Waals surface area contributed by atoms with Crippen LogP contribution < -0.4 is 4.90 Å². The SMILES string of the molecule is CCCN(CC(=O)O)C(=O)c1cc(Br)cnc1N(C)C. The number of aliphatic carboxylic acids is 1. The van der Waals surface area contributed by atoms with E-state index in [1.807, 2.05) is 6.92 Å². The van der Waals surface area contributed by atoms with Gasteiger partial charge in [-0.2, -0.15) is 0 Å². The van der Waals surface area contributed by atoms with Crippen LogP contribution in [-0.2, 0) is 4.79 Å². The van der Waals surface area contributed by atoms with E-state index in [1.165, 1.54) is 4.90 Å². The van der Waals surface area contributed by atoms with Crippen molar-refractivity contribution < 1.29 is 14.7 Å². The predicted octanol–water partition coefficient (Wildman–Crippen LogP) is 1.85. The van der Waals surface area contributed by atoms with Gasteiger partial charge in [-0.05, 0) is 28.4 Å². The van der Waals surface area contributed by atoms with Gasteiger partial charge in [0.1, 0.15) is 12.4 Å². The number of hydrogen-bond donors (Lipinski definition) is 1. The molecule has 0 saturated heterocycles. The summed E-state index contributed by atoms with van der Waals surface area (Å²) >= 11 is 3.28. The Morgan fingerprint density at radius 3 is 2.55 bits per heavy atom. The number of carboxylic acid groups (broad SMARTS) is 1. The van der Waals surface area contributed by atoms with Crippen LogP contribution in [0.2, 0.25) is 0 Å². The molecule has 0 aliphatic heterocycles. The summed E-state index contributed by atoms with van der Waals surface area (Å²) in [7, 11) is 3.57. The van der Waals surface area contributed by atoms with Gasteiger partial charge in [0.15, 0.2) is 0 Å². The zero-order valence-corrected chi connectivity index (χ0v) is 13.3. The van der Waals surface area contributed by atoms with Crippen LogP contribution in [0.3, 0.4) is 0 Å². The van der Waals surface area contributed by atoms with E-state index in [-0.39, 0.29) is 12.5 Å². The van der Waals surface area contributed by atoms with Crippen LogP contribution in [-0.4, -0.2) is 54.1 Å². The summed E-state index contributed by atoms with van der Waals surface area (Å²) in [6.45, 7) is 1.98. The van der Waals surface area contributed by atoms with Crippen molar-refractivity contribution in [2.75, 3.05) is 32.1 Å². The van der Waals surface area contributed by atoms with Crippen molar-refractivity contribution in [3.63, 3.8) is 0 Å². The average Bonchev–Trinajstić information content (AvgIpc) is 2.36. The summed E-state index contributed by atoms with van der Waals surface area (Å²) in [5, 5.41) is 8.91. The first-order valence-corrected chi connectivity index (χ1v) is 7.00. The van der Waals surface area contributed by atoms with E-state index in [4.69, 9.17) is 5.11 Å². The van der Waals surface area contributed by atoms with Crippen molar-refractivity contribution in [2.24, 2.45) is 0 Å². The van der Waals surface area contributed by atoms with E-state index in [0.717, 1.165) is 0 Å². The topological polar surface area (TPSA) is 73.7 Å². The molecule has 1 rings (SSSR count). The third-order valence-electron chi connectivity index (χ3n) is 2.59. The molecular formula is C13H18BrN3O3. The van der Waals surface area contributed by atoms with E-state index in [1.54, 1.807) is 31.3 Å². The van der Waals surface area contributed by atoms with Gasteiger partial charge in [0.25, 0.3) is 5.91 Å². The average molecular weight is 344 g/mol. The molecule has 0 fully saturated rings. The van der Waals surface area contributed by atoms with E-state index in [9.17, 15) is 9.59 Å². The number of rotatable bonds is 6. The fraction of sp³-hybridized carbons (Fsp3) is 0.462. The molecule has 0 radical (unpaired) electrons. The van der Waals surface area contributed by atoms with Gasteiger partial charge in [-0.1, -0.05) is 6.92 Å². The Morgan fingerprint density at radius 1 is 1.40 bits per heavy atom. The van der Waals surface area contributed by atoms with Gasteiger partial charge >= 0.3 is 5.97 Å². The zero-order chi connectivity index (χ0) is 15.3. The lowest BCUT2D eigenvalue weighted by Gasteiger charge is -2.23. The van der Waals surface area contributed by atoms with Gasteiger partial charge in [0.05, 0.1) is 5.56 Å². The third kappa shape index (κ3) is 4.19. The van der Waals surface area contributed by atoms with E-state index < -0.39 is 5.97 Å². The number of carboxylic acids is 1. The molecule has 0 saturated carbocycles. The van der Waals surface area contributed by atoms with Gasteiger partial charge in [-0.15, -0.1) is 0 Å². The second-order valence-electron chi connectivity index (χ2n) is 4.54. The molecule has 1 aromatic heterocycles. The Morgan fingerprint density at radius 2 is 2.05 bits per heavy atom. The van der Waals surface area contributed by atoms with Crippen molar-refractivity contribution in [1.82, 2.24) is 9.88 Å². The maximum absolute atomic E-state index is 12.5. The van der Waals surface area contributed by atoms with Crippen LogP contribution in [0.5, 0.6) is 0 Å². The van der Waals surface area contributed by atoms with Gasteiger partial charge in [0, 0.05) is 31.3 Å². The zero-order valence-electron chi connectivity index (χ0n) is 11.8. The first kappa shape index (κ1) is 16.4. The van der Waals surface area contributed by atoms with Crippen LogP contribution in [0, 0.1) is 0 Å². The van der Waals surface area contributed by atoms with Crippen molar-refractivity contribution in [1.29, 1.82) is 0 Å². The largest absolute Gasteiger partial charge is 0.480 e. The molecule has 1 heterocycles. The summed E-state index contributed by atoms with van der Waals surface area (Å²) in [4.78, 5) is 30.6. The van der Waals surface area contributed by atoms with Gasteiger partial charge in [0.2, 0.25) is 0 Å². The van der Waals surface area contributed by atoms with Crippen LogP contribution in [0.25, 0.3) is 0 Å². The van der Waals surface area contributed by atoms with Gasteiger partial charge in [-0.3, -0.25) is 9.59 Å². The van der Waals surface area contributed by atoms with Gasteiger partial charge < -0.3 is 14.9 Å². The Bertz CT molecular complexity index is 506. The van der Waals surface area contributed by atoms with E-state index in [0.29, 0.717) is 28.8 Å². The lowest BCUT2D eigenvalue weighted by atomic mass is 10.2. The Kier molecular flexibility index (Phi) is 5.94. The minimum atomic E-state index is -1.03. The molecule has 1 aromatic rings. The molecular weight excluding hydrogens is 326 g/mol. The molecule has 1 amide bonds. The molecule has 0 aromatic carbocycles. The highest BCUT2D eigenvalue weighted by molar-refractivity contribution is 9.10. The normalized spacial score (nSPS) is 10.2. The summed E-state index contributed by atoms with van der Waals surface area (Å²) in [6, 6.07) is 1.66. The summed E-state index contributed by atoms with van der Waals surface area (Å²) < 4.78 is 0.679. The minimum absolute atomic E-state index is 0.313. The molecule has 20 heavy (non-hydrogen) atoms. The number of carbonyl (C=O) groups excluding carboxylic acids is 1. The fourth-order valence-electron chi connectivity index (χ4n) is 1.80. The first-order valence-electron chi connectivity index (χ1n) is 6.20. The number of anilines is 1. The van der Waals surface area contributed by atoms with Crippen LogP contribution in [0.4, 0.5) is 5.82 Å². The molecule has 6 nitrogen and oxygen atoms in total. The molecule has 110 valence electrons. The number of pyridine rings is 1. The number of carbonyl (C=O) groups is 2. The number of amides is 1. The van der Waals surface area contributed by atoms with E-state index in [2.05, 4.69) is 20.9 Å². The Labute approximate surface area is 126 Å². The summed E-state index contributed by atoms with van der Waals surface area (Å²) in [5.41, 5.74) is 0.388. The fourth-order valence-corrected chi connectivity index (χ4v) is 2.13. The third-order valence-corrected chi connectivity index (χ3v) is 3.03. The second-order valence-corrected chi connectivity index (χ2v) is 5.46. The lowest BCUT2D eigenvalue weighted by molar-refractivity contribution is -0.137. The molecule has 1 N–H and O–H groups in total. The molecule has 0 aliphatic rings. The summed E-state index contributed by atoms with van der Waals surface area (Å²) in [5.74, 6) is -0.836. The molecule has 7 heteroatoms. The molecule has 0 bridgehead atoms. The van der Waals surface area contributed by atoms with Crippen molar-refractivity contribution in [2.45, 2.75) is 13.3 Å². The van der Waals surface area contributed by atoms with Gasteiger partial charge in [-0.25, -0.2) is 4.98 Å². The quantitative estimate of drug-likeness (QED) is 0.853. The monoisotopic (exact) mass is 343 g/mol. The lowest BCUT2D eigenvalue weighted by Crippen LogP contribution is -2.37. The number of nitrogens with zero attached hydrogens (tertiary/aromatic N) is 3. The minimum Gasteiger partial charge on any atom is -0.480 e. The molecule has 0 aliphatic carbocycles.